The molecule has 178 valence electrons. The van der Waals surface area contributed by atoms with E-state index in [2.05, 4.69) is 4.98 Å². The molecule has 2 aromatic carbocycles. The van der Waals surface area contributed by atoms with Crippen LogP contribution in [0.15, 0.2) is 48.5 Å². The number of nitrogens with zero attached hydrogens (tertiary/aromatic N) is 1. The zero-order valence-electron chi connectivity index (χ0n) is 19.6. The third kappa shape index (κ3) is 4.40. The summed E-state index contributed by atoms with van der Waals surface area (Å²) in [5.74, 6) is -1.62. The lowest BCUT2D eigenvalue weighted by atomic mass is 9.87. The summed E-state index contributed by atoms with van der Waals surface area (Å²) in [5, 5.41) is 0.986. The summed E-state index contributed by atoms with van der Waals surface area (Å²) in [7, 11) is 1.32. The number of alkyl halides is 1. The molecule has 34 heavy (non-hydrogen) atoms. The second kappa shape index (κ2) is 9.14. The van der Waals surface area contributed by atoms with Crippen molar-refractivity contribution in [1.29, 1.82) is 0 Å². The molecule has 0 saturated carbocycles. The van der Waals surface area contributed by atoms with Gasteiger partial charge in [0.1, 0.15) is 17.5 Å². The highest BCUT2D eigenvalue weighted by molar-refractivity contribution is 6.27. The Morgan fingerprint density at radius 1 is 1.09 bits per heavy atom. The molecule has 0 aliphatic carbocycles. The van der Waals surface area contributed by atoms with E-state index in [0.29, 0.717) is 12.0 Å². The zero-order valence-corrected chi connectivity index (χ0v) is 20.3. The molecule has 7 nitrogen and oxygen atoms in total. The second-order valence-corrected chi connectivity index (χ2v) is 9.53. The summed E-state index contributed by atoms with van der Waals surface area (Å²) in [6.45, 7) is 5.38. The zero-order chi connectivity index (χ0) is 24.6. The van der Waals surface area contributed by atoms with Crippen LogP contribution in [0, 0.1) is 0 Å². The first-order valence-electron chi connectivity index (χ1n) is 11.0. The van der Waals surface area contributed by atoms with Crippen LogP contribution in [0.25, 0.3) is 10.9 Å². The molecule has 0 radical (unpaired) electrons. The topological polar surface area (TPSA) is 88.7 Å². The number of hydrogen-bond acceptors (Lipinski definition) is 5. The van der Waals surface area contributed by atoms with Gasteiger partial charge in [-0.15, -0.1) is 11.6 Å². The van der Waals surface area contributed by atoms with Crippen molar-refractivity contribution in [2.24, 2.45) is 0 Å². The number of benzene rings is 2. The van der Waals surface area contributed by atoms with E-state index in [1.54, 1.807) is 45.0 Å². The van der Waals surface area contributed by atoms with Gasteiger partial charge >= 0.3 is 11.9 Å². The molecule has 4 rings (SSSR count). The van der Waals surface area contributed by atoms with E-state index >= 15 is 0 Å². The number of esters is 2. The van der Waals surface area contributed by atoms with Crippen molar-refractivity contribution >= 4 is 40.3 Å². The maximum Gasteiger partial charge on any atom is 0.337 e. The van der Waals surface area contributed by atoms with Crippen LogP contribution < -0.4 is 0 Å². The lowest BCUT2D eigenvalue weighted by molar-refractivity contribution is -0.166. The molecule has 1 aliphatic rings. The molecular weight excluding hydrogens is 456 g/mol. The highest BCUT2D eigenvalue weighted by Crippen LogP contribution is 2.41. The fraction of sp³-hybridized carbons (Fsp3) is 0.346. The van der Waals surface area contributed by atoms with Crippen molar-refractivity contribution in [3.63, 3.8) is 0 Å². The van der Waals surface area contributed by atoms with Gasteiger partial charge in [0.2, 0.25) is 5.91 Å². The van der Waals surface area contributed by atoms with Crippen LogP contribution in [0.3, 0.4) is 0 Å². The number of aromatic nitrogens is 1. The minimum Gasteiger partial charge on any atom is -0.465 e. The number of ether oxygens (including phenoxy) is 2. The number of amides is 1. The SMILES string of the molecule is COC(=O)c1ccc([C@H]2c3[nH]c4ccccc4c3C[C@H](C(=O)OC(C)(C)C)N2C(=O)CCl)cc1. The van der Waals surface area contributed by atoms with Crippen molar-refractivity contribution in [2.75, 3.05) is 13.0 Å². The standard InChI is InChI=1S/C26H27ClN2O5/c1-26(2,3)34-25(32)20-13-18-17-7-5-6-8-19(17)28-22(18)23(29(20)21(30)14-27)15-9-11-16(12-10-15)24(31)33-4/h5-12,20,23,28H,13-14H2,1-4H3/t20-,23+/m1/s1. The van der Waals surface area contributed by atoms with E-state index in [1.807, 2.05) is 24.3 Å². The predicted octanol–water partition coefficient (Wildman–Crippen LogP) is 4.38. The summed E-state index contributed by atoms with van der Waals surface area (Å²) in [6, 6.07) is 13.2. The molecular formula is C26H27ClN2O5. The minimum atomic E-state index is -0.859. The van der Waals surface area contributed by atoms with Crippen LogP contribution in [-0.2, 0) is 25.5 Å². The number of rotatable bonds is 4. The monoisotopic (exact) mass is 482 g/mol. The summed E-state index contributed by atoms with van der Waals surface area (Å²) in [5.41, 5.74) is 3.07. The first-order valence-corrected chi connectivity index (χ1v) is 11.6. The van der Waals surface area contributed by atoms with Gasteiger partial charge in [-0.2, -0.15) is 0 Å². The van der Waals surface area contributed by atoms with Gasteiger partial charge in [-0.05, 0) is 50.1 Å². The van der Waals surface area contributed by atoms with Crippen LogP contribution in [0.5, 0.6) is 0 Å². The molecule has 1 aromatic heterocycles. The third-order valence-corrected chi connectivity index (χ3v) is 6.09. The van der Waals surface area contributed by atoms with E-state index in [1.165, 1.54) is 12.0 Å². The lowest BCUT2D eigenvalue weighted by Crippen LogP contribution is -2.53. The van der Waals surface area contributed by atoms with Crippen molar-refractivity contribution in [3.05, 3.63) is 70.9 Å². The van der Waals surface area contributed by atoms with Gasteiger partial charge in [-0.25, -0.2) is 9.59 Å². The fourth-order valence-electron chi connectivity index (χ4n) is 4.49. The number of H-pyrrole nitrogens is 1. The Bertz CT molecular complexity index is 1240. The lowest BCUT2D eigenvalue weighted by Gasteiger charge is -2.41. The Hall–Kier alpha value is -3.32. The number of para-hydroxylation sites is 1. The van der Waals surface area contributed by atoms with Gasteiger partial charge in [0.05, 0.1) is 18.7 Å². The van der Waals surface area contributed by atoms with Crippen LogP contribution >= 0.6 is 11.6 Å². The number of hydrogen-bond donors (Lipinski definition) is 1. The van der Waals surface area contributed by atoms with Gasteiger partial charge in [0.15, 0.2) is 0 Å². The Morgan fingerprint density at radius 3 is 2.38 bits per heavy atom. The Morgan fingerprint density at radius 2 is 1.76 bits per heavy atom. The number of fused-ring (bicyclic) bond motifs is 3. The molecule has 3 aromatic rings. The largest absolute Gasteiger partial charge is 0.465 e. The molecule has 1 N–H and O–H groups in total. The quantitative estimate of drug-likeness (QED) is 0.440. The average molecular weight is 483 g/mol. The maximum absolute atomic E-state index is 13.3. The summed E-state index contributed by atoms with van der Waals surface area (Å²) in [6.07, 6.45) is 0.299. The molecule has 0 unspecified atom stereocenters. The summed E-state index contributed by atoms with van der Waals surface area (Å²) >= 11 is 6.02. The fourth-order valence-corrected chi connectivity index (χ4v) is 4.62. The van der Waals surface area contributed by atoms with Crippen LogP contribution in [0.4, 0.5) is 0 Å². The predicted molar refractivity (Wildman–Crippen MR) is 129 cm³/mol. The molecule has 0 bridgehead atoms. The molecule has 1 aliphatic heterocycles. The summed E-state index contributed by atoms with van der Waals surface area (Å²) < 4.78 is 10.5. The van der Waals surface area contributed by atoms with Gasteiger partial charge in [0, 0.05) is 23.0 Å². The van der Waals surface area contributed by atoms with Crippen LogP contribution in [0.2, 0.25) is 0 Å². The molecule has 0 spiro atoms. The van der Waals surface area contributed by atoms with Crippen LogP contribution in [0.1, 0.15) is 54.0 Å². The van der Waals surface area contributed by atoms with E-state index in [9.17, 15) is 14.4 Å². The Labute approximate surface area is 203 Å². The highest BCUT2D eigenvalue weighted by Gasteiger charge is 2.44. The molecule has 0 fully saturated rings. The number of methoxy groups -OCH3 is 1. The van der Waals surface area contributed by atoms with E-state index in [-0.39, 0.29) is 11.8 Å². The molecule has 2 heterocycles. The highest BCUT2D eigenvalue weighted by atomic mass is 35.5. The van der Waals surface area contributed by atoms with Gasteiger partial charge in [0.25, 0.3) is 0 Å². The number of halogens is 1. The third-order valence-electron chi connectivity index (χ3n) is 5.86. The Kier molecular flexibility index (Phi) is 6.41. The number of aromatic amines is 1. The van der Waals surface area contributed by atoms with Gasteiger partial charge < -0.3 is 19.4 Å². The van der Waals surface area contributed by atoms with E-state index in [0.717, 1.165) is 27.7 Å². The summed E-state index contributed by atoms with van der Waals surface area (Å²) in [4.78, 5) is 43.4. The first kappa shape index (κ1) is 23.8. The van der Waals surface area contributed by atoms with E-state index < -0.39 is 29.6 Å². The maximum atomic E-state index is 13.3. The molecule has 8 heteroatoms. The van der Waals surface area contributed by atoms with Crippen molar-refractivity contribution < 1.29 is 23.9 Å². The van der Waals surface area contributed by atoms with Gasteiger partial charge in [-0.1, -0.05) is 30.3 Å². The average Bonchev–Trinajstić information content (AvgIpc) is 3.19. The Balaban J connectivity index is 1.90. The van der Waals surface area contributed by atoms with Crippen molar-refractivity contribution in [3.8, 4) is 0 Å². The van der Waals surface area contributed by atoms with Gasteiger partial charge in [-0.3, -0.25) is 4.79 Å². The number of carbonyl (C=O) groups is 3. The molecule has 2 atom stereocenters. The van der Waals surface area contributed by atoms with Crippen molar-refractivity contribution in [1.82, 2.24) is 9.88 Å². The van der Waals surface area contributed by atoms with Crippen LogP contribution in [-0.4, -0.2) is 52.4 Å². The van der Waals surface area contributed by atoms with E-state index in [4.69, 9.17) is 21.1 Å². The molecule has 1 amide bonds. The smallest absolute Gasteiger partial charge is 0.337 e. The van der Waals surface area contributed by atoms with Crippen molar-refractivity contribution in [2.45, 2.75) is 44.9 Å². The minimum absolute atomic E-state index is 0.286. The first-order chi connectivity index (χ1) is 16.1. The second-order valence-electron chi connectivity index (χ2n) is 9.27. The number of carbonyl (C=O) groups excluding carboxylic acids is 3. The number of nitrogens with one attached hydrogen (secondary N) is 1. The normalized spacial score (nSPS) is 17.9. The molecule has 0 saturated heterocycles.